The summed E-state index contributed by atoms with van der Waals surface area (Å²) in [6, 6.07) is 9.24. The molecule has 3 aromatic carbocycles. The van der Waals surface area contributed by atoms with E-state index >= 15 is 0 Å². The molecule has 11 nitrogen and oxygen atoms in total. The minimum absolute atomic E-state index is 0.151. The summed E-state index contributed by atoms with van der Waals surface area (Å²) in [6.07, 6.45) is 0. The van der Waals surface area contributed by atoms with Crippen LogP contribution >= 0.6 is 0 Å². The van der Waals surface area contributed by atoms with Crippen molar-refractivity contribution in [3.05, 3.63) is 65.7 Å². The van der Waals surface area contributed by atoms with Gasteiger partial charge in [0.1, 0.15) is 23.0 Å². The molecule has 0 aliphatic heterocycles. The maximum absolute atomic E-state index is 12.4. The summed E-state index contributed by atoms with van der Waals surface area (Å²) < 4.78 is 32.7. The molecule has 0 heterocycles. The first kappa shape index (κ1) is 22.4. The molecule has 0 spiro atoms. The van der Waals surface area contributed by atoms with Crippen LogP contribution in [0.4, 0.5) is 11.4 Å². The molecule has 166 valence electrons. The van der Waals surface area contributed by atoms with Crippen LogP contribution in [0, 0.1) is 0 Å². The molecule has 3 aromatic rings. The van der Waals surface area contributed by atoms with Crippen LogP contribution in [0.25, 0.3) is 0 Å². The second-order valence-corrected chi connectivity index (χ2v) is 8.03. The molecular formula is C20H16N2O9S. The summed E-state index contributed by atoms with van der Waals surface area (Å²) in [4.78, 5) is 24.2. The van der Waals surface area contributed by atoms with Crippen LogP contribution in [0.1, 0.15) is 20.7 Å². The zero-order chi connectivity index (χ0) is 23.6. The summed E-state index contributed by atoms with van der Waals surface area (Å²) in [5.74, 6) is -3.21. The lowest BCUT2D eigenvalue weighted by atomic mass is 10.1. The molecule has 0 radical (unpaired) electrons. The Hall–Kier alpha value is -4.29. The van der Waals surface area contributed by atoms with E-state index in [0.29, 0.717) is 0 Å². The van der Waals surface area contributed by atoms with Gasteiger partial charge in [0.25, 0.3) is 21.9 Å². The summed E-state index contributed by atoms with van der Waals surface area (Å²) in [5, 5.41) is 42.7. The maximum atomic E-state index is 12.4. The number of anilines is 2. The monoisotopic (exact) mass is 460 g/mol. The van der Waals surface area contributed by atoms with Crippen molar-refractivity contribution in [3.63, 3.8) is 0 Å². The van der Waals surface area contributed by atoms with Crippen LogP contribution in [0.15, 0.2) is 59.5 Å². The molecule has 0 aliphatic rings. The highest BCUT2D eigenvalue weighted by molar-refractivity contribution is 7.85. The third-order valence-electron chi connectivity index (χ3n) is 4.05. The van der Waals surface area contributed by atoms with Crippen LogP contribution in [0.2, 0.25) is 0 Å². The number of phenolic OH excluding ortho intramolecular Hbond substituents is 4. The van der Waals surface area contributed by atoms with Crippen LogP contribution in [-0.2, 0) is 10.1 Å². The highest BCUT2D eigenvalue weighted by Gasteiger charge is 2.17. The molecule has 0 atom stereocenters. The average Bonchev–Trinajstić information content (AvgIpc) is 2.65. The fourth-order valence-electron chi connectivity index (χ4n) is 2.75. The van der Waals surface area contributed by atoms with Gasteiger partial charge in [-0.1, -0.05) is 0 Å². The van der Waals surface area contributed by atoms with Gasteiger partial charge in [-0.2, -0.15) is 8.42 Å². The summed E-state index contributed by atoms with van der Waals surface area (Å²) in [7, 11) is -4.74. The van der Waals surface area contributed by atoms with Gasteiger partial charge in [-0.15, -0.1) is 0 Å². The van der Waals surface area contributed by atoms with Gasteiger partial charge in [0.05, 0.1) is 4.90 Å². The standard InChI is InChI=1S/C20H16N2O9S/c23-14-1-10(2-15(24)8-14)19(27)21-12-5-13(7-18(6-12)32(29,30)31)22-20(28)11-3-16(25)9-17(26)4-11/h1-9,23-26H,(H,21,27)(H,22,28)(H,29,30,31). The van der Waals surface area contributed by atoms with E-state index in [4.69, 9.17) is 0 Å². The van der Waals surface area contributed by atoms with E-state index in [9.17, 15) is 43.0 Å². The van der Waals surface area contributed by atoms with Crippen molar-refractivity contribution in [3.8, 4) is 23.0 Å². The van der Waals surface area contributed by atoms with E-state index in [0.717, 1.165) is 48.5 Å². The van der Waals surface area contributed by atoms with Gasteiger partial charge in [-0.3, -0.25) is 14.1 Å². The van der Waals surface area contributed by atoms with Gasteiger partial charge in [-0.05, 0) is 42.5 Å². The lowest BCUT2D eigenvalue weighted by Crippen LogP contribution is -2.15. The van der Waals surface area contributed by atoms with Gasteiger partial charge in [0.2, 0.25) is 0 Å². The number of carbonyl (C=O) groups excluding carboxylic acids is 2. The molecule has 0 saturated carbocycles. The Bertz CT molecular complexity index is 1210. The normalized spacial score (nSPS) is 11.0. The Morgan fingerprint density at radius 3 is 1.25 bits per heavy atom. The number of nitrogens with one attached hydrogen (secondary N) is 2. The number of hydrogen-bond donors (Lipinski definition) is 7. The van der Waals surface area contributed by atoms with Crippen LogP contribution in [0.5, 0.6) is 23.0 Å². The molecule has 7 N–H and O–H groups in total. The van der Waals surface area contributed by atoms with Crippen molar-refractivity contribution >= 4 is 33.3 Å². The molecule has 0 saturated heterocycles. The lowest BCUT2D eigenvalue weighted by Gasteiger charge is -2.12. The van der Waals surface area contributed by atoms with E-state index in [1.54, 1.807) is 0 Å². The second-order valence-electron chi connectivity index (χ2n) is 6.61. The zero-order valence-electron chi connectivity index (χ0n) is 16.0. The number of carbonyl (C=O) groups is 2. The lowest BCUT2D eigenvalue weighted by molar-refractivity contribution is 0.101. The third-order valence-corrected chi connectivity index (χ3v) is 4.88. The van der Waals surface area contributed by atoms with E-state index in [1.165, 1.54) is 6.07 Å². The quantitative estimate of drug-likeness (QED) is 0.280. The number of rotatable bonds is 5. The van der Waals surface area contributed by atoms with Gasteiger partial charge in [0.15, 0.2) is 0 Å². The fourth-order valence-corrected chi connectivity index (χ4v) is 3.30. The molecule has 0 aliphatic carbocycles. The largest absolute Gasteiger partial charge is 0.508 e. The number of benzene rings is 3. The Morgan fingerprint density at radius 2 is 0.938 bits per heavy atom. The predicted molar refractivity (Wildman–Crippen MR) is 112 cm³/mol. The van der Waals surface area contributed by atoms with Crippen molar-refractivity contribution in [2.75, 3.05) is 10.6 Å². The third kappa shape index (κ3) is 5.44. The Morgan fingerprint density at radius 1 is 0.594 bits per heavy atom. The first-order valence-corrected chi connectivity index (χ1v) is 10.2. The van der Waals surface area contributed by atoms with Gasteiger partial charge in [0, 0.05) is 34.6 Å². The smallest absolute Gasteiger partial charge is 0.294 e. The molecule has 2 amide bonds. The Labute approximate surface area is 181 Å². The first-order valence-electron chi connectivity index (χ1n) is 8.72. The van der Waals surface area contributed by atoms with E-state index in [-0.39, 0.29) is 45.5 Å². The minimum Gasteiger partial charge on any atom is -0.508 e. The minimum atomic E-state index is -4.74. The van der Waals surface area contributed by atoms with E-state index < -0.39 is 26.8 Å². The number of hydrogen-bond acceptors (Lipinski definition) is 8. The Balaban J connectivity index is 1.94. The van der Waals surface area contributed by atoms with Crippen molar-refractivity contribution in [1.82, 2.24) is 0 Å². The zero-order valence-corrected chi connectivity index (χ0v) is 16.8. The highest BCUT2D eigenvalue weighted by Crippen LogP contribution is 2.26. The molecule has 0 bridgehead atoms. The molecule has 0 fully saturated rings. The van der Waals surface area contributed by atoms with Crippen LogP contribution in [-0.4, -0.2) is 45.2 Å². The summed E-state index contributed by atoms with van der Waals surface area (Å²) in [5.41, 5.74) is -0.606. The number of phenols is 4. The molecule has 0 unspecified atom stereocenters. The summed E-state index contributed by atoms with van der Waals surface area (Å²) >= 11 is 0. The van der Waals surface area contributed by atoms with Crippen molar-refractivity contribution in [2.24, 2.45) is 0 Å². The number of aromatic hydroxyl groups is 4. The van der Waals surface area contributed by atoms with Gasteiger partial charge >= 0.3 is 0 Å². The predicted octanol–water partition coefficient (Wildman–Crippen LogP) is 2.26. The maximum Gasteiger partial charge on any atom is 0.294 e. The SMILES string of the molecule is O=C(Nc1cc(NC(=O)c2cc(O)cc(O)c2)cc(S(=O)(=O)O)c1)c1cc(O)cc(O)c1. The second kappa shape index (κ2) is 8.45. The first-order chi connectivity index (χ1) is 14.9. The molecular weight excluding hydrogens is 444 g/mol. The molecule has 3 rings (SSSR count). The summed E-state index contributed by atoms with van der Waals surface area (Å²) in [6.45, 7) is 0. The van der Waals surface area contributed by atoms with Gasteiger partial charge in [-0.25, -0.2) is 0 Å². The van der Waals surface area contributed by atoms with Crippen LogP contribution < -0.4 is 10.6 Å². The van der Waals surface area contributed by atoms with Gasteiger partial charge < -0.3 is 31.1 Å². The molecule has 32 heavy (non-hydrogen) atoms. The fraction of sp³-hybridized carbons (Fsp3) is 0. The Kier molecular flexibility index (Phi) is 5.91. The highest BCUT2D eigenvalue weighted by atomic mass is 32.2. The number of amides is 2. The van der Waals surface area contributed by atoms with Crippen molar-refractivity contribution < 1.29 is 43.0 Å². The van der Waals surface area contributed by atoms with E-state index in [2.05, 4.69) is 10.6 Å². The van der Waals surface area contributed by atoms with Crippen molar-refractivity contribution in [1.29, 1.82) is 0 Å². The molecule has 12 heteroatoms. The van der Waals surface area contributed by atoms with Crippen molar-refractivity contribution in [2.45, 2.75) is 4.90 Å². The average molecular weight is 460 g/mol. The van der Waals surface area contributed by atoms with E-state index in [1.807, 2.05) is 0 Å². The van der Waals surface area contributed by atoms with Crippen LogP contribution in [0.3, 0.4) is 0 Å². The topological polar surface area (TPSA) is 193 Å². The molecule has 0 aromatic heterocycles.